The van der Waals surface area contributed by atoms with Crippen LogP contribution in [-0.4, -0.2) is 156 Å². The Hall–Kier alpha value is -8.92. The van der Waals surface area contributed by atoms with Gasteiger partial charge in [0.25, 0.3) is 11.6 Å². The van der Waals surface area contributed by atoms with Gasteiger partial charge in [-0.25, -0.2) is 24.0 Å². The second-order valence-corrected chi connectivity index (χ2v) is 15.5. The van der Waals surface area contributed by atoms with Crippen LogP contribution in [-0.2, 0) is 38.0 Å². The maximum absolute atomic E-state index is 14.7. The third-order valence-corrected chi connectivity index (χ3v) is 11.5. The van der Waals surface area contributed by atoms with Gasteiger partial charge in [-0.05, 0) is 36.4 Å². The molecule has 354 valence electrons. The molecule has 1 saturated heterocycles. The largest absolute Gasteiger partial charge is 0.504 e. The van der Waals surface area contributed by atoms with E-state index in [9.17, 15) is 100 Å². The number of phenols is 11. The van der Waals surface area contributed by atoms with Crippen LogP contribution >= 0.6 is 0 Å². The second kappa shape index (κ2) is 14.8. The van der Waals surface area contributed by atoms with Crippen molar-refractivity contribution < 1.29 is 133 Å². The maximum Gasteiger partial charge on any atom is 0.341 e. The molecular weight excluding hydrogens is 924 g/mol. The Morgan fingerprint density at radius 3 is 1.71 bits per heavy atom. The Labute approximate surface area is 373 Å². The average molecular weight is 953 g/mol. The van der Waals surface area contributed by atoms with Crippen LogP contribution in [0.5, 0.6) is 69.0 Å². The van der Waals surface area contributed by atoms with Gasteiger partial charge in [0.15, 0.2) is 64.0 Å². The molecule has 27 nitrogen and oxygen atoms in total. The van der Waals surface area contributed by atoms with Crippen molar-refractivity contribution in [1.82, 2.24) is 0 Å². The minimum atomic E-state index is -4.03. The monoisotopic (exact) mass is 952 g/mol. The summed E-state index contributed by atoms with van der Waals surface area (Å²) in [6.45, 7) is -1.26. The summed E-state index contributed by atoms with van der Waals surface area (Å²) < 4.78 is 39.0. The number of aromatic hydroxyl groups is 11. The molecule has 0 amide bonds. The highest BCUT2D eigenvalue weighted by Gasteiger charge is 2.70. The molecule has 4 aliphatic heterocycles. The van der Waals surface area contributed by atoms with Gasteiger partial charge in [0, 0.05) is 16.7 Å². The van der Waals surface area contributed by atoms with Crippen molar-refractivity contribution in [2.75, 3.05) is 6.61 Å². The summed E-state index contributed by atoms with van der Waals surface area (Å²) in [5.74, 6) is -36.1. The minimum Gasteiger partial charge on any atom is -0.504 e. The summed E-state index contributed by atoms with van der Waals surface area (Å²) in [5.41, 5.74) is -8.10. The summed E-state index contributed by atoms with van der Waals surface area (Å²) >= 11 is 0. The van der Waals surface area contributed by atoms with Gasteiger partial charge < -0.3 is 105 Å². The SMILES string of the molecule is O=C1O[C@@H]2[C@H](OC(=O)c3cc(O)c(O)c(O)c3)[C@H](OC(=O)c3cc(O)c(O)c4c3[C@@H]3C1=CC(=O)C(O)(O)[C@]3(O)O4)O[C@@H]1COC(=O)c3cc(O)c(O)c(O)c3-c3c(cc(O)c(O)c3O)C(=O)O[C@@H]21. The van der Waals surface area contributed by atoms with Gasteiger partial charge in [0.2, 0.25) is 35.4 Å². The highest BCUT2D eigenvalue weighted by Crippen LogP contribution is 2.60. The van der Waals surface area contributed by atoms with Crippen molar-refractivity contribution in [2.45, 2.75) is 48.2 Å². The Morgan fingerprint density at radius 1 is 0.588 bits per heavy atom. The molecule has 7 atom stereocenters. The Bertz CT molecular complexity index is 3020. The number of hydrogen-bond acceptors (Lipinski definition) is 27. The van der Waals surface area contributed by atoms with Gasteiger partial charge in [-0.15, -0.1) is 0 Å². The molecule has 0 spiro atoms. The van der Waals surface area contributed by atoms with Crippen LogP contribution in [0.25, 0.3) is 11.1 Å². The second-order valence-electron chi connectivity index (χ2n) is 15.5. The number of fused-ring (bicyclic) bond motifs is 7. The number of ketones is 1. The molecule has 14 N–H and O–H groups in total. The lowest BCUT2D eigenvalue weighted by Crippen LogP contribution is -2.66. The van der Waals surface area contributed by atoms with Crippen LogP contribution in [0.1, 0.15) is 52.9 Å². The fourth-order valence-electron chi connectivity index (χ4n) is 8.26. The first-order chi connectivity index (χ1) is 31.9. The zero-order valence-corrected chi connectivity index (χ0v) is 33.2. The molecule has 9 rings (SSSR count). The van der Waals surface area contributed by atoms with Crippen LogP contribution in [0.3, 0.4) is 0 Å². The van der Waals surface area contributed by atoms with Crippen molar-refractivity contribution in [2.24, 2.45) is 0 Å². The fourth-order valence-corrected chi connectivity index (χ4v) is 8.26. The number of hydrogen-bond donors (Lipinski definition) is 14. The Kier molecular flexibility index (Phi) is 9.64. The smallest absolute Gasteiger partial charge is 0.341 e. The number of cyclic esters (lactones) is 1. The van der Waals surface area contributed by atoms with Crippen molar-refractivity contribution in [1.29, 1.82) is 0 Å². The van der Waals surface area contributed by atoms with E-state index in [4.69, 9.17) is 33.2 Å². The molecule has 1 aliphatic carbocycles. The lowest BCUT2D eigenvalue weighted by molar-refractivity contribution is -0.323. The van der Waals surface area contributed by atoms with E-state index in [1.807, 2.05) is 0 Å². The van der Waals surface area contributed by atoms with Crippen LogP contribution in [0, 0.1) is 0 Å². The summed E-state index contributed by atoms with van der Waals surface area (Å²) in [4.78, 5) is 84.5. The van der Waals surface area contributed by atoms with Crippen LogP contribution in [0.2, 0.25) is 0 Å². The molecule has 4 aromatic rings. The predicted octanol–water partition coefficient (Wildman–Crippen LogP) is -1.10. The molecule has 1 fully saturated rings. The molecule has 0 radical (unpaired) electrons. The Balaban J connectivity index is 1.27. The van der Waals surface area contributed by atoms with Crippen molar-refractivity contribution in [3.63, 3.8) is 0 Å². The van der Waals surface area contributed by atoms with Crippen LogP contribution in [0.4, 0.5) is 0 Å². The van der Waals surface area contributed by atoms with E-state index in [2.05, 4.69) is 0 Å². The molecule has 4 aromatic carbocycles. The summed E-state index contributed by atoms with van der Waals surface area (Å²) in [5, 5.41) is 149. The molecule has 68 heavy (non-hydrogen) atoms. The predicted molar refractivity (Wildman–Crippen MR) is 204 cm³/mol. The van der Waals surface area contributed by atoms with Crippen molar-refractivity contribution in [3.05, 3.63) is 69.8 Å². The van der Waals surface area contributed by atoms with Gasteiger partial charge >= 0.3 is 29.8 Å². The summed E-state index contributed by atoms with van der Waals surface area (Å²) in [7, 11) is 0. The average Bonchev–Trinajstić information content (AvgIpc) is 3.60. The number of phenolic OH excluding ortho intramolecular Hbond substituents is 11. The number of benzene rings is 4. The van der Waals surface area contributed by atoms with Crippen LogP contribution < -0.4 is 4.74 Å². The van der Waals surface area contributed by atoms with E-state index < -0.39 is 204 Å². The first-order valence-electron chi connectivity index (χ1n) is 19.1. The van der Waals surface area contributed by atoms with E-state index in [0.29, 0.717) is 30.3 Å². The topological polar surface area (TPSA) is 450 Å². The molecule has 5 aliphatic rings. The highest BCUT2D eigenvalue weighted by atomic mass is 16.8. The van der Waals surface area contributed by atoms with E-state index in [0.717, 1.165) is 0 Å². The Morgan fingerprint density at radius 2 is 1.10 bits per heavy atom. The van der Waals surface area contributed by atoms with E-state index in [-0.39, 0.29) is 6.08 Å². The molecule has 4 heterocycles. The molecule has 0 saturated carbocycles. The molecule has 2 bridgehead atoms. The number of rotatable bonds is 2. The van der Waals surface area contributed by atoms with E-state index in [1.54, 1.807) is 0 Å². The maximum atomic E-state index is 14.7. The molecular formula is C41H28O27. The molecule has 0 unspecified atom stereocenters. The third kappa shape index (κ3) is 6.21. The van der Waals surface area contributed by atoms with Gasteiger partial charge in [-0.1, -0.05) is 0 Å². The van der Waals surface area contributed by atoms with E-state index in [1.165, 1.54) is 0 Å². The number of carbonyl (C=O) groups excluding carboxylic acids is 6. The van der Waals surface area contributed by atoms with Crippen molar-refractivity contribution in [3.8, 4) is 80.1 Å². The number of esters is 5. The first-order valence-corrected chi connectivity index (χ1v) is 19.1. The number of carbonyl (C=O) groups is 6. The summed E-state index contributed by atoms with van der Waals surface area (Å²) in [6, 6.07) is 2.41. The zero-order valence-electron chi connectivity index (χ0n) is 33.2. The van der Waals surface area contributed by atoms with E-state index >= 15 is 0 Å². The lowest BCUT2D eigenvalue weighted by atomic mass is 9.74. The molecule has 0 aromatic heterocycles. The third-order valence-electron chi connectivity index (χ3n) is 11.5. The van der Waals surface area contributed by atoms with Crippen molar-refractivity contribution >= 4 is 35.6 Å². The highest BCUT2D eigenvalue weighted by molar-refractivity contribution is 6.09. The van der Waals surface area contributed by atoms with Gasteiger partial charge in [-0.2, -0.15) is 0 Å². The van der Waals surface area contributed by atoms with Gasteiger partial charge in [0.05, 0.1) is 33.7 Å². The van der Waals surface area contributed by atoms with Gasteiger partial charge in [0.1, 0.15) is 12.7 Å². The number of aliphatic hydroxyl groups is 3. The van der Waals surface area contributed by atoms with Crippen LogP contribution in [0.15, 0.2) is 42.0 Å². The molecule has 27 heteroatoms. The fraction of sp³-hybridized carbons (Fsp3) is 0.220. The normalized spacial score (nSPS) is 25.7. The quantitative estimate of drug-likeness (QED) is 0.0491. The number of ether oxygens (including phenoxy) is 7. The first kappa shape index (κ1) is 44.3. The zero-order chi connectivity index (χ0) is 49.4. The summed E-state index contributed by atoms with van der Waals surface area (Å²) in [6.07, 6.45) is -12.1. The lowest BCUT2D eigenvalue weighted by Gasteiger charge is -2.44. The minimum absolute atomic E-state index is 0.183. The van der Waals surface area contributed by atoms with Gasteiger partial charge in [-0.3, -0.25) is 4.79 Å². The standard InChI is InChI=1S/C41H28O27/c42-13-1-8(2-14(43)24(13)48)34(54)66-33-32-30-18(7-62-35(55)9-3-15(44)25(49)28(52)20(9)21-10(36(56)64-30)4-16(45)26(50)29(21)53)63-39(33)67-37(57)11-5-17(46)27(51)31-22(11)23-12(38(58)65-32)6-19(47)40(59,60)41(23,61)68-31/h1-6,18,23,30,32-33,39,42-46,48-53,59-61H,7H2/t18-,23+,30-,32+,33+,39+,41-/m1/s1.